The second-order valence-corrected chi connectivity index (χ2v) is 10.3. The molecule has 1 N–H and O–H groups in total. The summed E-state index contributed by atoms with van der Waals surface area (Å²) in [6.45, 7) is 5.99. The lowest BCUT2D eigenvalue weighted by atomic mass is 9.80. The molecule has 0 aromatic carbocycles. The lowest BCUT2D eigenvalue weighted by Gasteiger charge is -2.48. The molecular formula is C27H37ClO6. The summed E-state index contributed by atoms with van der Waals surface area (Å²) in [6.07, 6.45) is 9.16. The van der Waals surface area contributed by atoms with Crippen molar-refractivity contribution in [1.82, 2.24) is 0 Å². The highest BCUT2D eigenvalue weighted by Gasteiger charge is 2.49. The Bertz CT molecular complexity index is 870. The molecule has 0 aromatic rings. The number of allylic oxidation sites excluding steroid dienone is 3. The maximum Gasteiger partial charge on any atom is 0.311 e. The Balaban J connectivity index is 1.82. The lowest BCUT2D eigenvalue weighted by Crippen LogP contribution is -2.56. The van der Waals surface area contributed by atoms with Crippen LogP contribution in [0.4, 0.5) is 0 Å². The first kappa shape index (κ1) is 27.0. The molecule has 9 atom stereocenters. The number of hydrogen-bond donors (Lipinski definition) is 1. The number of cyclic esters (lactones) is 1. The van der Waals surface area contributed by atoms with Crippen molar-refractivity contribution >= 4 is 17.6 Å². The molecular weight excluding hydrogens is 456 g/mol. The Morgan fingerprint density at radius 3 is 2.65 bits per heavy atom. The summed E-state index contributed by atoms with van der Waals surface area (Å²) in [5, 5.41) is 11.0. The molecule has 7 heteroatoms. The van der Waals surface area contributed by atoms with Crippen molar-refractivity contribution in [3.63, 3.8) is 0 Å². The van der Waals surface area contributed by atoms with Crippen LogP contribution in [0.2, 0.25) is 0 Å². The van der Waals surface area contributed by atoms with E-state index < -0.39 is 24.0 Å². The fraction of sp³-hybridized carbons (Fsp3) is 0.667. The molecule has 6 nitrogen and oxygen atoms in total. The predicted molar refractivity (Wildman–Crippen MR) is 131 cm³/mol. The summed E-state index contributed by atoms with van der Waals surface area (Å²) in [4.78, 5) is 12.9. The molecule has 0 aromatic heterocycles. The van der Waals surface area contributed by atoms with Crippen molar-refractivity contribution in [3.8, 4) is 11.8 Å². The Morgan fingerprint density at radius 1 is 1.26 bits per heavy atom. The van der Waals surface area contributed by atoms with E-state index in [1.165, 1.54) is 7.11 Å². The number of ether oxygens (including phenoxy) is 4. The quantitative estimate of drug-likeness (QED) is 0.209. The van der Waals surface area contributed by atoms with Crippen molar-refractivity contribution in [3.05, 3.63) is 36.0 Å². The number of aliphatic hydroxyl groups is 1. The zero-order valence-corrected chi connectivity index (χ0v) is 21.5. The van der Waals surface area contributed by atoms with Gasteiger partial charge in [0.05, 0.1) is 24.7 Å². The first-order valence-corrected chi connectivity index (χ1v) is 12.4. The van der Waals surface area contributed by atoms with Gasteiger partial charge in [0.1, 0.15) is 6.10 Å². The van der Waals surface area contributed by atoms with E-state index in [4.69, 9.17) is 30.5 Å². The number of fused-ring (bicyclic) bond motifs is 2. The average Bonchev–Trinajstić information content (AvgIpc) is 3.50. The molecule has 1 unspecified atom stereocenters. The fourth-order valence-corrected chi connectivity index (χ4v) is 4.91. The van der Waals surface area contributed by atoms with Gasteiger partial charge < -0.3 is 24.1 Å². The van der Waals surface area contributed by atoms with Gasteiger partial charge in [-0.15, -0.1) is 11.6 Å². The number of methoxy groups -OCH3 is 2. The van der Waals surface area contributed by atoms with E-state index in [9.17, 15) is 9.90 Å². The van der Waals surface area contributed by atoms with Gasteiger partial charge in [-0.05, 0) is 25.5 Å². The van der Waals surface area contributed by atoms with Crippen LogP contribution in [0.5, 0.6) is 0 Å². The standard InChI is InChI=1S/C27H37ClO6/c1-17-12-21(11-9-7-6-8-10-20-14-22(20)28)33-25(30)16-27(32-5)15-23(29)18(2)26(34-27)19(3)24(13-17)31-4/h6-7,9,11,13,18-24,26,29H,12,14-16H2,1-5H3/b7-6+,11-9+,17-13+/t18-,19+,20?,21-,22+,23-,24+,26-,27+/m1/s1. The molecule has 1 saturated carbocycles. The Kier molecular flexibility index (Phi) is 9.42. The summed E-state index contributed by atoms with van der Waals surface area (Å²) in [6, 6.07) is 0. The molecule has 3 rings (SSSR count). The van der Waals surface area contributed by atoms with Gasteiger partial charge >= 0.3 is 5.97 Å². The minimum absolute atomic E-state index is 0.0653. The second kappa shape index (κ2) is 11.9. The van der Waals surface area contributed by atoms with E-state index in [2.05, 4.69) is 11.8 Å². The van der Waals surface area contributed by atoms with Gasteiger partial charge in [0.2, 0.25) is 0 Å². The van der Waals surface area contributed by atoms with Crippen molar-refractivity contribution in [2.45, 2.75) is 82.0 Å². The third-order valence-corrected chi connectivity index (χ3v) is 7.43. The molecule has 0 radical (unpaired) electrons. The maximum absolute atomic E-state index is 12.9. The normalized spacial score (nSPS) is 42.7. The summed E-state index contributed by atoms with van der Waals surface area (Å²) in [7, 11) is 3.17. The largest absolute Gasteiger partial charge is 0.458 e. The summed E-state index contributed by atoms with van der Waals surface area (Å²) in [5.41, 5.74) is 1.04. The molecule has 1 saturated heterocycles. The molecule has 2 bridgehead atoms. The van der Waals surface area contributed by atoms with Crippen molar-refractivity contribution in [2.75, 3.05) is 14.2 Å². The Labute approximate surface area is 208 Å². The fourth-order valence-electron chi connectivity index (χ4n) is 4.66. The number of carbonyl (C=O) groups excluding carboxylic acids is 1. The number of alkyl halides is 1. The molecule has 2 fully saturated rings. The van der Waals surface area contributed by atoms with Crippen LogP contribution in [0.15, 0.2) is 36.0 Å². The molecule has 34 heavy (non-hydrogen) atoms. The average molecular weight is 493 g/mol. The maximum atomic E-state index is 12.9. The van der Waals surface area contributed by atoms with Gasteiger partial charge in [0.25, 0.3) is 0 Å². The number of rotatable bonds is 4. The first-order valence-electron chi connectivity index (χ1n) is 12.0. The van der Waals surface area contributed by atoms with Crippen molar-refractivity contribution < 1.29 is 28.8 Å². The van der Waals surface area contributed by atoms with Crippen LogP contribution in [0.3, 0.4) is 0 Å². The van der Waals surface area contributed by atoms with Gasteiger partial charge in [0, 0.05) is 50.2 Å². The molecule has 0 amide bonds. The van der Waals surface area contributed by atoms with Crippen LogP contribution in [0, 0.1) is 29.6 Å². The number of halogens is 1. The highest BCUT2D eigenvalue weighted by Crippen LogP contribution is 2.40. The molecule has 188 valence electrons. The van der Waals surface area contributed by atoms with Crippen molar-refractivity contribution in [1.29, 1.82) is 0 Å². The number of hydrogen-bond acceptors (Lipinski definition) is 6. The smallest absolute Gasteiger partial charge is 0.311 e. The van der Waals surface area contributed by atoms with Crippen molar-refractivity contribution in [2.24, 2.45) is 17.8 Å². The predicted octanol–water partition coefficient (Wildman–Crippen LogP) is 4.16. The highest BCUT2D eigenvalue weighted by atomic mass is 35.5. The van der Waals surface area contributed by atoms with E-state index in [1.807, 2.05) is 45.1 Å². The van der Waals surface area contributed by atoms with Crippen LogP contribution in [0.25, 0.3) is 0 Å². The Hall–Kier alpha value is -1.62. The van der Waals surface area contributed by atoms with Gasteiger partial charge in [0.15, 0.2) is 5.79 Å². The number of esters is 1. The molecule has 2 heterocycles. The SMILES string of the molecule is CO[C@H]1/C=C(\C)C[C@@H](/C=C/C=C/C#CC2C[C@@H]2Cl)OC(=O)C[C@]2(OC)C[C@@H](O)[C@@H](C)[C@@H](O2)[C@H]1C. The van der Waals surface area contributed by atoms with Gasteiger partial charge in [-0.1, -0.05) is 49.5 Å². The number of carbonyl (C=O) groups is 1. The van der Waals surface area contributed by atoms with Crippen LogP contribution >= 0.6 is 11.6 Å². The van der Waals surface area contributed by atoms with Gasteiger partial charge in [-0.2, -0.15) is 0 Å². The third-order valence-electron chi connectivity index (χ3n) is 6.94. The lowest BCUT2D eigenvalue weighted by molar-refractivity contribution is -0.312. The highest BCUT2D eigenvalue weighted by molar-refractivity contribution is 6.22. The molecule has 2 aliphatic heterocycles. The van der Waals surface area contributed by atoms with Crippen LogP contribution < -0.4 is 0 Å². The molecule has 1 aliphatic carbocycles. The second-order valence-electron chi connectivity index (χ2n) is 9.70. The summed E-state index contributed by atoms with van der Waals surface area (Å²) < 4.78 is 23.7. The zero-order chi connectivity index (χ0) is 24.9. The van der Waals surface area contributed by atoms with E-state index in [0.29, 0.717) is 12.3 Å². The molecule has 3 aliphatic rings. The minimum Gasteiger partial charge on any atom is -0.458 e. The van der Waals surface area contributed by atoms with Crippen LogP contribution in [0.1, 0.15) is 46.5 Å². The van der Waals surface area contributed by atoms with Crippen LogP contribution in [-0.4, -0.2) is 60.9 Å². The van der Waals surface area contributed by atoms with E-state index in [0.717, 1.165) is 12.0 Å². The minimum atomic E-state index is -1.25. The monoisotopic (exact) mass is 492 g/mol. The zero-order valence-electron chi connectivity index (χ0n) is 20.7. The first-order chi connectivity index (χ1) is 16.2. The van der Waals surface area contributed by atoms with E-state index in [-0.39, 0.29) is 42.3 Å². The van der Waals surface area contributed by atoms with E-state index >= 15 is 0 Å². The summed E-state index contributed by atoms with van der Waals surface area (Å²) >= 11 is 5.96. The van der Waals surface area contributed by atoms with Crippen LogP contribution in [-0.2, 0) is 23.7 Å². The Morgan fingerprint density at radius 2 is 2.00 bits per heavy atom. The third kappa shape index (κ3) is 6.96. The number of aliphatic hydroxyl groups excluding tert-OH is 1. The topological polar surface area (TPSA) is 74.2 Å². The molecule has 0 spiro atoms. The van der Waals surface area contributed by atoms with Gasteiger partial charge in [-0.3, -0.25) is 4.79 Å². The summed E-state index contributed by atoms with van der Waals surface area (Å²) in [5.74, 6) is 4.50. The van der Waals surface area contributed by atoms with Gasteiger partial charge in [-0.25, -0.2) is 0 Å². The van der Waals surface area contributed by atoms with E-state index in [1.54, 1.807) is 13.2 Å².